The summed E-state index contributed by atoms with van der Waals surface area (Å²) in [7, 11) is 0. The van der Waals surface area contributed by atoms with Gasteiger partial charge in [-0.2, -0.15) is 0 Å². The second-order valence-corrected chi connectivity index (χ2v) is 5.59. The lowest BCUT2D eigenvalue weighted by atomic mass is 10.0. The topological polar surface area (TPSA) is 24.5 Å². The second-order valence-electron chi connectivity index (χ2n) is 5.59. The number of nitrogens with one attached hydrogen (secondary N) is 1. The molecule has 0 spiro atoms. The molecule has 0 aromatic heterocycles. The highest BCUT2D eigenvalue weighted by molar-refractivity contribution is 4.92. The Morgan fingerprint density at radius 2 is 2.00 bits per heavy atom. The maximum atomic E-state index is 5.54. The van der Waals surface area contributed by atoms with Crippen LogP contribution in [0.2, 0.25) is 0 Å². The second kappa shape index (κ2) is 5.03. The van der Waals surface area contributed by atoms with Crippen LogP contribution >= 0.6 is 0 Å². The molecule has 92 valence electrons. The van der Waals surface area contributed by atoms with Gasteiger partial charge in [0.15, 0.2) is 0 Å². The number of ether oxygens (including phenoxy) is 1. The van der Waals surface area contributed by atoms with Crippen molar-refractivity contribution in [3.8, 4) is 0 Å². The molecule has 2 unspecified atom stereocenters. The van der Waals surface area contributed by atoms with Gasteiger partial charge >= 0.3 is 0 Å². The molecule has 2 saturated heterocycles. The summed E-state index contributed by atoms with van der Waals surface area (Å²) in [5, 5.41) is 3.67. The zero-order valence-corrected chi connectivity index (χ0v) is 10.2. The molecule has 16 heavy (non-hydrogen) atoms. The van der Waals surface area contributed by atoms with Crippen LogP contribution in [-0.4, -0.2) is 49.3 Å². The van der Waals surface area contributed by atoms with Crippen molar-refractivity contribution in [3.05, 3.63) is 0 Å². The fourth-order valence-electron chi connectivity index (χ4n) is 3.12. The average Bonchev–Trinajstić information content (AvgIpc) is 3.02. The molecule has 2 aliphatic heterocycles. The predicted octanol–water partition coefficient (Wildman–Crippen LogP) is 1.38. The molecule has 3 rings (SSSR count). The minimum atomic E-state index is 0.719. The highest BCUT2D eigenvalue weighted by Crippen LogP contribution is 2.31. The monoisotopic (exact) mass is 224 g/mol. The lowest BCUT2D eigenvalue weighted by Gasteiger charge is -2.34. The lowest BCUT2D eigenvalue weighted by molar-refractivity contribution is 0.124. The van der Waals surface area contributed by atoms with Gasteiger partial charge < -0.3 is 10.1 Å². The quantitative estimate of drug-likeness (QED) is 0.781. The van der Waals surface area contributed by atoms with Crippen LogP contribution in [-0.2, 0) is 4.74 Å². The Hall–Kier alpha value is -0.120. The number of hydrogen-bond donors (Lipinski definition) is 1. The summed E-state index contributed by atoms with van der Waals surface area (Å²) in [5.41, 5.74) is 0. The first-order valence-electron chi connectivity index (χ1n) is 7.00. The fraction of sp³-hybridized carbons (Fsp3) is 1.00. The third kappa shape index (κ3) is 2.58. The van der Waals surface area contributed by atoms with Gasteiger partial charge in [-0.25, -0.2) is 0 Å². The first-order chi connectivity index (χ1) is 7.93. The summed E-state index contributed by atoms with van der Waals surface area (Å²) < 4.78 is 5.54. The van der Waals surface area contributed by atoms with Crippen molar-refractivity contribution < 1.29 is 4.74 Å². The van der Waals surface area contributed by atoms with Crippen molar-refractivity contribution in [2.45, 2.75) is 56.7 Å². The van der Waals surface area contributed by atoms with Crippen molar-refractivity contribution in [3.63, 3.8) is 0 Å². The smallest absolute Gasteiger partial charge is 0.0622 e. The Balaban J connectivity index is 1.55. The summed E-state index contributed by atoms with van der Waals surface area (Å²) >= 11 is 0. The van der Waals surface area contributed by atoms with Crippen molar-refractivity contribution in [2.75, 3.05) is 26.3 Å². The van der Waals surface area contributed by atoms with E-state index in [9.17, 15) is 0 Å². The Kier molecular flexibility index (Phi) is 3.46. The van der Waals surface area contributed by atoms with E-state index in [0.29, 0.717) is 0 Å². The van der Waals surface area contributed by atoms with Gasteiger partial charge in [-0.05, 0) is 38.6 Å². The number of hydrogen-bond acceptors (Lipinski definition) is 3. The van der Waals surface area contributed by atoms with Gasteiger partial charge in [-0.15, -0.1) is 0 Å². The van der Waals surface area contributed by atoms with Crippen LogP contribution in [0.25, 0.3) is 0 Å². The Morgan fingerprint density at radius 1 is 1.06 bits per heavy atom. The number of rotatable bonds is 4. The zero-order chi connectivity index (χ0) is 10.8. The SMILES string of the molecule is C1CCC(CN(C2CC2)C2CCOC2)NC1. The number of piperidine rings is 1. The van der Waals surface area contributed by atoms with Gasteiger partial charge in [-0.1, -0.05) is 6.42 Å². The molecule has 1 aliphatic carbocycles. The van der Waals surface area contributed by atoms with Crippen molar-refractivity contribution in [1.29, 1.82) is 0 Å². The van der Waals surface area contributed by atoms with Crippen molar-refractivity contribution >= 4 is 0 Å². The molecule has 3 nitrogen and oxygen atoms in total. The minimum Gasteiger partial charge on any atom is -0.380 e. The molecule has 2 atom stereocenters. The highest BCUT2D eigenvalue weighted by Gasteiger charge is 2.36. The molecule has 0 amide bonds. The minimum absolute atomic E-state index is 0.719. The Labute approximate surface area is 98.5 Å². The maximum Gasteiger partial charge on any atom is 0.0622 e. The number of nitrogens with zero attached hydrogens (tertiary/aromatic N) is 1. The summed E-state index contributed by atoms with van der Waals surface area (Å²) in [6.07, 6.45) is 8.25. The third-order valence-corrected chi connectivity index (χ3v) is 4.23. The van der Waals surface area contributed by atoms with Crippen LogP contribution in [0.15, 0.2) is 0 Å². The Bertz CT molecular complexity index is 218. The van der Waals surface area contributed by atoms with E-state index in [1.165, 1.54) is 51.6 Å². The van der Waals surface area contributed by atoms with E-state index in [1.807, 2.05) is 0 Å². The first-order valence-corrected chi connectivity index (χ1v) is 7.00. The van der Waals surface area contributed by atoms with Crippen LogP contribution in [0.5, 0.6) is 0 Å². The highest BCUT2D eigenvalue weighted by atomic mass is 16.5. The van der Waals surface area contributed by atoms with E-state index in [1.54, 1.807) is 0 Å². The average molecular weight is 224 g/mol. The summed E-state index contributed by atoms with van der Waals surface area (Å²) in [5.74, 6) is 0. The van der Waals surface area contributed by atoms with Crippen LogP contribution in [0.4, 0.5) is 0 Å². The van der Waals surface area contributed by atoms with Crippen LogP contribution < -0.4 is 5.32 Å². The van der Waals surface area contributed by atoms with Gasteiger partial charge in [0.1, 0.15) is 0 Å². The summed E-state index contributed by atoms with van der Waals surface area (Å²) in [6, 6.07) is 2.35. The van der Waals surface area contributed by atoms with Crippen LogP contribution in [0.3, 0.4) is 0 Å². The summed E-state index contributed by atoms with van der Waals surface area (Å²) in [4.78, 5) is 2.75. The summed E-state index contributed by atoms with van der Waals surface area (Å²) in [6.45, 7) is 4.44. The molecular weight excluding hydrogens is 200 g/mol. The third-order valence-electron chi connectivity index (χ3n) is 4.23. The Morgan fingerprint density at radius 3 is 2.62 bits per heavy atom. The van der Waals surface area contributed by atoms with Crippen molar-refractivity contribution in [1.82, 2.24) is 10.2 Å². The molecule has 0 bridgehead atoms. The zero-order valence-electron chi connectivity index (χ0n) is 10.2. The molecule has 3 aliphatic rings. The first kappa shape index (κ1) is 11.0. The molecule has 2 heterocycles. The van der Waals surface area contributed by atoms with E-state index in [-0.39, 0.29) is 0 Å². The molecule has 0 aromatic rings. The van der Waals surface area contributed by atoms with E-state index in [4.69, 9.17) is 4.74 Å². The van der Waals surface area contributed by atoms with Gasteiger partial charge in [0.2, 0.25) is 0 Å². The van der Waals surface area contributed by atoms with Gasteiger partial charge in [-0.3, -0.25) is 4.90 Å². The molecule has 0 aromatic carbocycles. The standard InChI is InChI=1S/C13H24N2O/c1-2-7-14-11(3-1)9-15(12-4-5-12)13-6-8-16-10-13/h11-14H,1-10H2. The lowest BCUT2D eigenvalue weighted by Crippen LogP contribution is -2.48. The molecule has 0 radical (unpaired) electrons. The van der Waals surface area contributed by atoms with Crippen LogP contribution in [0, 0.1) is 0 Å². The molecule has 1 saturated carbocycles. The van der Waals surface area contributed by atoms with E-state index >= 15 is 0 Å². The molecule has 1 N–H and O–H groups in total. The molecular formula is C13H24N2O. The fourth-order valence-corrected chi connectivity index (χ4v) is 3.12. The van der Waals surface area contributed by atoms with Crippen LogP contribution in [0.1, 0.15) is 38.5 Å². The largest absolute Gasteiger partial charge is 0.380 e. The predicted molar refractivity (Wildman–Crippen MR) is 64.6 cm³/mol. The van der Waals surface area contributed by atoms with E-state index < -0.39 is 0 Å². The van der Waals surface area contributed by atoms with E-state index in [2.05, 4.69) is 10.2 Å². The normalized spacial score (nSPS) is 35.8. The van der Waals surface area contributed by atoms with Gasteiger partial charge in [0.25, 0.3) is 0 Å². The van der Waals surface area contributed by atoms with Gasteiger partial charge in [0, 0.05) is 31.3 Å². The molecule has 3 heteroatoms. The van der Waals surface area contributed by atoms with Gasteiger partial charge in [0.05, 0.1) is 6.61 Å². The van der Waals surface area contributed by atoms with E-state index in [0.717, 1.165) is 31.3 Å². The molecule has 3 fully saturated rings. The van der Waals surface area contributed by atoms with Crippen molar-refractivity contribution in [2.24, 2.45) is 0 Å². The maximum absolute atomic E-state index is 5.54.